The van der Waals surface area contributed by atoms with Crippen LogP contribution in [0, 0.1) is 0 Å². The molecule has 1 aromatic carbocycles. The Morgan fingerprint density at radius 2 is 2.26 bits per heavy atom. The number of amides is 2. The van der Waals surface area contributed by atoms with Gasteiger partial charge in [0.05, 0.1) is 0 Å². The van der Waals surface area contributed by atoms with Crippen molar-refractivity contribution in [3.8, 4) is 0 Å². The first-order chi connectivity index (χ1) is 9.24. The van der Waals surface area contributed by atoms with Crippen LogP contribution in [-0.2, 0) is 14.4 Å². The van der Waals surface area contributed by atoms with Crippen LogP contribution in [0.4, 0.5) is 5.69 Å². The topological polar surface area (TPSA) is 79.5 Å². The average Bonchev–Trinajstić information content (AvgIpc) is 2.98. The number of hydrogen-bond acceptors (Lipinski definition) is 4. The number of fused-ring (bicyclic) bond motifs is 1. The highest BCUT2D eigenvalue weighted by molar-refractivity contribution is 5.88. The molecule has 0 aromatic heterocycles. The zero-order valence-corrected chi connectivity index (χ0v) is 10.3. The van der Waals surface area contributed by atoms with E-state index in [9.17, 15) is 9.59 Å². The van der Waals surface area contributed by atoms with E-state index >= 15 is 0 Å². The maximum Gasteiger partial charge on any atom is 0.268 e. The molecule has 2 aliphatic rings. The molecule has 0 radical (unpaired) electrons. The van der Waals surface area contributed by atoms with Crippen LogP contribution in [0.5, 0.6) is 0 Å². The molecular weight excluding hydrogens is 246 g/mol. The summed E-state index contributed by atoms with van der Waals surface area (Å²) in [5, 5.41) is 5.96. The second kappa shape index (κ2) is 4.89. The van der Waals surface area contributed by atoms with Crippen molar-refractivity contribution >= 4 is 17.5 Å². The zero-order chi connectivity index (χ0) is 13.2. The van der Waals surface area contributed by atoms with Crippen molar-refractivity contribution in [2.45, 2.75) is 18.4 Å². The lowest BCUT2D eigenvalue weighted by Gasteiger charge is -2.12. The normalized spacial score (nSPS) is 24.5. The number of anilines is 1. The molecule has 0 saturated carbocycles. The van der Waals surface area contributed by atoms with Crippen LogP contribution in [-0.4, -0.2) is 31.0 Å². The predicted octanol–water partition coefficient (Wildman–Crippen LogP) is 0.132. The molecule has 3 rings (SSSR count). The van der Waals surface area contributed by atoms with Crippen LogP contribution in [0.15, 0.2) is 24.3 Å². The Bertz CT molecular complexity index is 518. The largest absolute Gasteiger partial charge is 0.384 e. The molecule has 19 heavy (non-hydrogen) atoms. The molecular formula is C13H15N3O3. The van der Waals surface area contributed by atoms with Crippen LogP contribution in [0.2, 0.25) is 0 Å². The Kier molecular flexibility index (Phi) is 3.08. The van der Waals surface area contributed by atoms with Crippen LogP contribution < -0.4 is 16.1 Å². The summed E-state index contributed by atoms with van der Waals surface area (Å²) in [5.74, 6) is -0.269. The first-order valence-electron chi connectivity index (χ1n) is 6.28. The van der Waals surface area contributed by atoms with E-state index in [4.69, 9.17) is 4.84 Å². The van der Waals surface area contributed by atoms with Gasteiger partial charge in [0.15, 0.2) is 0 Å². The van der Waals surface area contributed by atoms with E-state index in [-0.39, 0.29) is 24.3 Å². The van der Waals surface area contributed by atoms with E-state index in [1.807, 2.05) is 24.3 Å². The molecule has 6 nitrogen and oxygen atoms in total. The van der Waals surface area contributed by atoms with E-state index in [2.05, 4.69) is 16.1 Å². The highest BCUT2D eigenvalue weighted by Gasteiger charge is 2.29. The summed E-state index contributed by atoms with van der Waals surface area (Å²) in [6, 6.07) is 7.39. The molecule has 3 N–H and O–H groups in total. The van der Waals surface area contributed by atoms with Gasteiger partial charge in [0.25, 0.3) is 5.91 Å². The van der Waals surface area contributed by atoms with Crippen LogP contribution >= 0.6 is 0 Å². The summed E-state index contributed by atoms with van der Waals surface area (Å²) in [7, 11) is 0. The van der Waals surface area contributed by atoms with Gasteiger partial charge < -0.3 is 10.6 Å². The van der Waals surface area contributed by atoms with Crippen molar-refractivity contribution in [2.24, 2.45) is 0 Å². The number of nitrogens with one attached hydrogen (secondary N) is 3. The zero-order valence-electron chi connectivity index (χ0n) is 10.3. The smallest absolute Gasteiger partial charge is 0.268 e. The molecule has 1 unspecified atom stereocenters. The minimum atomic E-state index is -0.572. The van der Waals surface area contributed by atoms with Crippen LogP contribution in [0.3, 0.4) is 0 Å². The minimum Gasteiger partial charge on any atom is -0.384 e. The van der Waals surface area contributed by atoms with Crippen LogP contribution in [0.1, 0.15) is 17.9 Å². The third kappa shape index (κ3) is 2.39. The Morgan fingerprint density at radius 3 is 3.05 bits per heavy atom. The highest BCUT2D eigenvalue weighted by Crippen LogP contribution is 2.32. The highest BCUT2D eigenvalue weighted by atomic mass is 16.7. The van der Waals surface area contributed by atoms with Gasteiger partial charge in [0, 0.05) is 24.6 Å². The lowest BCUT2D eigenvalue weighted by molar-refractivity contribution is -0.128. The number of rotatable bonds is 3. The first-order valence-corrected chi connectivity index (χ1v) is 6.28. The number of carbonyl (C=O) groups is 2. The second-order valence-corrected chi connectivity index (χ2v) is 4.77. The Balaban J connectivity index is 1.60. The summed E-state index contributed by atoms with van der Waals surface area (Å²) >= 11 is 0. The second-order valence-electron chi connectivity index (χ2n) is 4.77. The van der Waals surface area contributed by atoms with Crippen molar-refractivity contribution in [2.75, 3.05) is 18.5 Å². The predicted molar refractivity (Wildman–Crippen MR) is 68.3 cm³/mol. The van der Waals surface area contributed by atoms with Gasteiger partial charge in [-0.3, -0.25) is 14.4 Å². The molecule has 1 aromatic rings. The average molecular weight is 261 g/mol. The lowest BCUT2D eigenvalue weighted by atomic mass is 9.97. The van der Waals surface area contributed by atoms with Gasteiger partial charge in [-0.1, -0.05) is 18.2 Å². The Labute approximate surface area is 110 Å². The summed E-state index contributed by atoms with van der Waals surface area (Å²) in [5.41, 5.74) is 4.46. The molecule has 1 fully saturated rings. The van der Waals surface area contributed by atoms with Gasteiger partial charge in [0.1, 0.15) is 12.6 Å². The molecule has 100 valence electrons. The summed E-state index contributed by atoms with van der Waals surface area (Å²) in [6.07, 6.45) is 0.369. The molecule has 0 bridgehead atoms. The van der Waals surface area contributed by atoms with Crippen molar-refractivity contribution in [1.82, 2.24) is 10.8 Å². The molecule has 2 aliphatic heterocycles. The Hall–Kier alpha value is -2.08. The molecule has 0 aliphatic carbocycles. The molecule has 2 amide bonds. The fraction of sp³-hybridized carbons (Fsp3) is 0.385. The molecule has 2 heterocycles. The molecule has 0 spiro atoms. The van der Waals surface area contributed by atoms with E-state index in [0.717, 1.165) is 17.8 Å². The molecule has 2 atom stereocenters. The third-order valence-corrected chi connectivity index (χ3v) is 3.45. The number of hydroxylamine groups is 1. The molecule has 1 saturated heterocycles. The fourth-order valence-electron chi connectivity index (χ4n) is 2.47. The van der Waals surface area contributed by atoms with Gasteiger partial charge in [-0.05, 0) is 11.6 Å². The number of hydrogen-bond donors (Lipinski definition) is 3. The van der Waals surface area contributed by atoms with E-state index in [1.54, 1.807) is 0 Å². The van der Waals surface area contributed by atoms with Gasteiger partial charge in [-0.15, -0.1) is 0 Å². The van der Waals surface area contributed by atoms with Gasteiger partial charge in [0.2, 0.25) is 5.91 Å². The van der Waals surface area contributed by atoms with E-state index < -0.39 is 6.04 Å². The van der Waals surface area contributed by atoms with Gasteiger partial charge in [-0.25, -0.2) is 5.48 Å². The van der Waals surface area contributed by atoms with Crippen molar-refractivity contribution in [3.05, 3.63) is 29.8 Å². The van der Waals surface area contributed by atoms with Crippen molar-refractivity contribution < 1.29 is 14.4 Å². The van der Waals surface area contributed by atoms with Crippen molar-refractivity contribution in [3.63, 3.8) is 0 Å². The van der Waals surface area contributed by atoms with Gasteiger partial charge >= 0.3 is 0 Å². The third-order valence-electron chi connectivity index (χ3n) is 3.45. The van der Waals surface area contributed by atoms with Crippen molar-refractivity contribution in [1.29, 1.82) is 0 Å². The number of carbonyl (C=O) groups excluding carboxylic acids is 2. The quantitative estimate of drug-likeness (QED) is 0.722. The van der Waals surface area contributed by atoms with E-state index in [1.165, 1.54) is 0 Å². The maximum absolute atomic E-state index is 11.9. The number of para-hydroxylation sites is 1. The summed E-state index contributed by atoms with van der Waals surface area (Å²) in [4.78, 5) is 28.0. The summed E-state index contributed by atoms with van der Waals surface area (Å²) < 4.78 is 0. The van der Waals surface area contributed by atoms with Crippen LogP contribution in [0.25, 0.3) is 0 Å². The standard InChI is InChI=1S/C13H15N3O3/c17-12(15-11-7-19-16-13(11)18)5-8-6-14-10-4-2-1-3-9(8)10/h1-4,8,11,14H,5-7H2,(H,15,17)(H,16,18)/t8?,11-/m1/s1. The minimum absolute atomic E-state index is 0.130. The molecule has 6 heteroatoms. The fourth-order valence-corrected chi connectivity index (χ4v) is 2.47. The number of benzene rings is 1. The lowest BCUT2D eigenvalue weighted by Crippen LogP contribution is -2.42. The SMILES string of the molecule is O=C(CC1CNc2ccccc21)N[C@@H]1CONC1=O. The monoisotopic (exact) mass is 261 g/mol. The van der Waals surface area contributed by atoms with E-state index in [0.29, 0.717) is 6.42 Å². The maximum atomic E-state index is 11.9. The summed E-state index contributed by atoms with van der Waals surface area (Å²) in [6.45, 7) is 0.935. The van der Waals surface area contributed by atoms with Gasteiger partial charge in [-0.2, -0.15) is 0 Å². The Morgan fingerprint density at radius 1 is 1.42 bits per heavy atom. The first kappa shape index (κ1) is 12.0.